The van der Waals surface area contributed by atoms with Gasteiger partial charge in [-0.3, -0.25) is 4.79 Å². The summed E-state index contributed by atoms with van der Waals surface area (Å²) in [6.07, 6.45) is -4.06. The van der Waals surface area contributed by atoms with Gasteiger partial charge in [-0.15, -0.1) is 0 Å². The molecule has 0 aliphatic rings. The molecule has 0 aliphatic carbocycles. The molecule has 0 aromatic rings. The Morgan fingerprint density at radius 2 is 1.83 bits per heavy atom. The summed E-state index contributed by atoms with van der Waals surface area (Å²) in [5, 5.41) is 0. The van der Waals surface area contributed by atoms with Crippen molar-refractivity contribution in [2.24, 2.45) is 5.73 Å². The quantitative estimate of drug-likeness (QED) is 0.713. The monoisotopic (exact) mass is 270 g/mol. The van der Waals surface area contributed by atoms with E-state index in [-0.39, 0.29) is 6.54 Å². The van der Waals surface area contributed by atoms with Gasteiger partial charge in [0.15, 0.2) is 0 Å². The van der Waals surface area contributed by atoms with Gasteiger partial charge in [0.2, 0.25) is 0 Å². The van der Waals surface area contributed by atoms with Crippen LogP contribution in [0.4, 0.5) is 13.2 Å². The van der Waals surface area contributed by atoms with Crippen molar-refractivity contribution < 1.29 is 22.7 Å². The van der Waals surface area contributed by atoms with Gasteiger partial charge in [0.1, 0.15) is 5.54 Å². The number of esters is 1. The minimum atomic E-state index is -4.14. The van der Waals surface area contributed by atoms with Crippen LogP contribution in [0, 0.1) is 0 Å². The maximum atomic E-state index is 12.0. The van der Waals surface area contributed by atoms with Crippen LogP contribution in [0.3, 0.4) is 0 Å². The van der Waals surface area contributed by atoms with Crippen molar-refractivity contribution in [3.8, 4) is 0 Å². The van der Waals surface area contributed by atoms with Crippen molar-refractivity contribution in [3.63, 3.8) is 0 Å². The molecule has 0 aromatic heterocycles. The van der Waals surface area contributed by atoms with E-state index < -0.39 is 24.1 Å². The lowest BCUT2D eigenvalue weighted by atomic mass is 9.97. The number of carbonyl (C=O) groups is 1. The number of halogens is 3. The van der Waals surface area contributed by atoms with E-state index in [2.05, 4.69) is 4.74 Å². The summed E-state index contributed by atoms with van der Waals surface area (Å²) in [5.41, 5.74) is 4.64. The molecule has 4 nitrogen and oxygen atoms in total. The number of carbonyl (C=O) groups excluding carboxylic acids is 1. The van der Waals surface area contributed by atoms with E-state index in [1.807, 2.05) is 0 Å². The van der Waals surface area contributed by atoms with Crippen LogP contribution in [0.5, 0.6) is 0 Å². The summed E-state index contributed by atoms with van der Waals surface area (Å²) in [7, 11) is 2.86. The number of ether oxygens (including phenoxy) is 1. The first kappa shape index (κ1) is 17.2. The highest BCUT2D eigenvalue weighted by Gasteiger charge is 2.29. The highest BCUT2D eigenvalue weighted by Crippen LogP contribution is 2.19. The molecule has 0 aliphatic heterocycles. The Balaban J connectivity index is 3.87. The van der Waals surface area contributed by atoms with Crippen LogP contribution in [0.15, 0.2) is 0 Å². The average Bonchev–Trinajstić information content (AvgIpc) is 2.24. The van der Waals surface area contributed by atoms with E-state index in [1.165, 1.54) is 7.11 Å². The molecule has 108 valence electrons. The minimum absolute atomic E-state index is 0.0526. The molecule has 1 unspecified atom stereocenters. The highest BCUT2D eigenvalue weighted by molar-refractivity contribution is 5.79. The Labute approximate surface area is 105 Å². The topological polar surface area (TPSA) is 55.6 Å². The molecule has 0 bridgehead atoms. The van der Waals surface area contributed by atoms with Crippen molar-refractivity contribution in [2.45, 2.75) is 37.9 Å². The van der Waals surface area contributed by atoms with Crippen molar-refractivity contribution in [3.05, 3.63) is 0 Å². The summed E-state index contributed by atoms with van der Waals surface area (Å²) in [5.74, 6) is -0.513. The SMILES string of the molecule is COC(=O)C(C)(N)CCCN(C)CCC(F)(F)F. The standard InChI is InChI=1S/C11H21F3N2O2/c1-10(15,9(17)18-3)5-4-7-16(2)8-6-11(12,13)14/h4-8,15H2,1-3H3. The largest absolute Gasteiger partial charge is 0.468 e. The third kappa shape index (κ3) is 7.50. The molecule has 0 saturated carbocycles. The third-order valence-electron chi connectivity index (χ3n) is 2.66. The molecular weight excluding hydrogens is 249 g/mol. The summed E-state index contributed by atoms with van der Waals surface area (Å²) in [4.78, 5) is 12.8. The van der Waals surface area contributed by atoms with E-state index in [0.29, 0.717) is 19.4 Å². The molecule has 0 aromatic carbocycles. The number of methoxy groups -OCH3 is 1. The number of hydrogen-bond acceptors (Lipinski definition) is 4. The van der Waals surface area contributed by atoms with Gasteiger partial charge in [-0.1, -0.05) is 0 Å². The van der Waals surface area contributed by atoms with Crippen molar-refractivity contribution in [2.75, 3.05) is 27.2 Å². The second-order valence-corrected chi connectivity index (χ2v) is 4.68. The Bertz CT molecular complexity index is 268. The average molecular weight is 270 g/mol. The lowest BCUT2D eigenvalue weighted by Crippen LogP contribution is -2.46. The molecule has 18 heavy (non-hydrogen) atoms. The third-order valence-corrected chi connectivity index (χ3v) is 2.66. The van der Waals surface area contributed by atoms with Crippen LogP contribution in [0.25, 0.3) is 0 Å². The summed E-state index contributed by atoms with van der Waals surface area (Å²) >= 11 is 0. The molecule has 0 heterocycles. The normalized spacial score (nSPS) is 15.6. The van der Waals surface area contributed by atoms with Crippen molar-refractivity contribution in [1.82, 2.24) is 4.90 Å². The van der Waals surface area contributed by atoms with Crippen LogP contribution in [-0.4, -0.2) is 49.8 Å². The molecule has 0 saturated heterocycles. The molecular formula is C11H21F3N2O2. The van der Waals surface area contributed by atoms with Crippen LogP contribution < -0.4 is 5.73 Å². The van der Waals surface area contributed by atoms with Crippen LogP contribution >= 0.6 is 0 Å². The van der Waals surface area contributed by atoms with Gasteiger partial charge < -0.3 is 15.4 Å². The van der Waals surface area contributed by atoms with E-state index in [9.17, 15) is 18.0 Å². The Kier molecular flexibility index (Phi) is 6.62. The maximum absolute atomic E-state index is 12.0. The first-order valence-corrected chi connectivity index (χ1v) is 5.71. The molecule has 7 heteroatoms. The fraction of sp³-hybridized carbons (Fsp3) is 0.909. The molecule has 0 rings (SSSR count). The number of alkyl halides is 3. The van der Waals surface area contributed by atoms with Crippen LogP contribution in [-0.2, 0) is 9.53 Å². The van der Waals surface area contributed by atoms with Gasteiger partial charge in [-0.05, 0) is 33.4 Å². The second-order valence-electron chi connectivity index (χ2n) is 4.68. The lowest BCUT2D eigenvalue weighted by molar-refractivity contribution is -0.146. The van der Waals surface area contributed by atoms with E-state index in [1.54, 1.807) is 18.9 Å². The van der Waals surface area contributed by atoms with Gasteiger partial charge in [0.05, 0.1) is 13.5 Å². The predicted octanol–water partition coefficient (Wildman–Crippen LogP) is 1.54. The minimum Gasteiger partial charge on any atom is -0.468 e. The van der Waals surface area contributed by atoms with Crippen molar-refractivity contribution >= 4 is 5.97 Å². The van der Waals surface area contributed by atoms with Crippen LogP contribution in [0.1, 0.15) is 26.2 Å². The first-order valence-electron chi connectivity index (χ1n) is 5.71. The number of rotatable bonds is 7. The van der Waals surface area contributed by atoms with Gasteiger partial charge in [-0.25, -0.2) is 0 Å². The summed E-state index contributed by atoms with van der Waals surface area (Å²) in [6.45, 7) is 1.96. The predicted molar refractivity (Wildman–Crippen MR) is 62.0 cm³/mol. The summed E-state index contributed by atoms with van der Waals surface area (Å²) < 4.78 is 40.5. The molecule has 0 radical (unpaired) electrons. The zero-order chi connectivity index (χ0) is 14.4. The number of nitrogens with two attached hydrogens (primary N) is 1. The molecule has 0 spiro atoms. The first-order chi connectivity index (χ1) is 8.08. The second kappa shape index (κ2) is 6.94. The molecule has 1 atom stereocenters. The highest BCUT2D eigenvalue weighted by atomic mass is 19.4. The van der Waals surface area contributed by atoms with Gasteiger partial charge >= 0.3 is 12.1 Å². The van der Waals surface area contributed by atoms with E-state index in [0.717, 1.165) is 0 Å². The number of nitrogens with zero attached hydrogens (tertiary/aromatic N) is 1. The van der Waals surface area contributed by atoms with Gasteiger partial charge in [0, 0.05) is 6.54 Å². The zero-order valence-corrected chi connectivity index (χ0v) is 11.0. The molecule has 0 amide bonds. The smallest absolute Gasteiger partial charge is 0.390 e. The summed E-state index contributed by atoms with van der Waals surface area (Å²) in [6, 6.07) is 0. The van der Waals surface area contributed by atoms with Crippen LogP contribution in [0.2, 0.25) is 0 Å². The molecule has 2 N–H and O–H groups in total. The van der Waals surface area contributed by atoms with Crippen molar-refractivity contribution in [1.29, 1.82) is 0 Å². The maximum Gasteiger partial charge on any atom is 0.390 e. The van der Waals surface area contributed by atoms with Gasteiger partial charge in [-0.2, -0.15) is 13.2 Å². The van der Waals surface area contributed by atoms with Gasteiger partial charge in [0.25, 0.3) is 0 Å². The lowest BCUT2D eigenvalue weighted by Gasteiger charge is -2.23. The van der Waals surface area contributed by atoms with E-state index in [4.69, 9.17) is 5.73 Å². The fourth-order valence-electron chi connectivity index (χ4n) is 1.48. The fourth-order valence-corrected chi connectivity index (χ4v) is 1.48. The molecule has 0 fully saturated rings. The Hall–Kier alpha value is -0.820. The Morgan fingerprint density at radius 3 is 2.28 bits per heavy atom. The van der Waals surface area contributed by atoms with E-state index >= 15 is 0 Å². The zero-order valence-electron chi connectivity index (χ0n) is 11.0. The number of hydrogen-bond donors (Lipinski definition) is 1. The Morgan fingerprint density at radius 1 is 1.28 bits per heavy atom.